The molecule has 1 heterocycles. The minimum Gasteiger partial charge on any atom is -0.506 e. The van der Waals surface area contributed by atoms with E-state index in [1.807, 2.05) is 30.5 Å². The van der Waals surface area contributed by atoms with Gasteiger partial charge in [0.1, 0.15) is 11.8 Å². The van der Waals surface area contributed by atoms with Gasteiger partial charge in [0.2, 0.25) is 0 Å². The second kappa shape index (κ2) is 4.89. The lowest BCUT2D eigenvalue weighted by Gasteiger charge is -2.14. The quantitative estimate of drug-likeness (QED) is 0.813. The Labute approximate surface area is 104 Å². The summed E-state index contributed by atoms with van der Waals surface area (Å²) in [6.07, 6.45) is 0. The van der Waals surface area contributed by atoms with E-state index in [1.54, 1.807) is 12.1 Å². The van der Waals surface area contributed by atoms with Gasteiger partial charge in [0.25, 0.3) is 0 Å². The molecule has 4 heteroatoms. The largest absolute Gasteiger partial charge is 0.506 e. The summed E-state index contributed by atoms with van der Waals surface area (Å²) in [6, 6.07) is 10.9. The third-order valence-corrected chi connectivity index (χ3v) is 3.43. The van der Waals surface area contributed by atoms with Gasteiger partial charge in [0.05, 0.1) is 11.8 Å². The first kappa shape index (κ1) is 11.5. The van der Waals surface area contributed by atoms with Gasteiger partial charge in [-0.05, 0) is 30.0 Å². The number of nitriles is 1. The number of para-hydroxylation sites is 1. The van der Waals surface area contributed by atoms with E-state index in [0.717, 1.165) is 10.4 Å². The van der Waals surface area contributed by atoms with Gasteiger partial charge in [-0.1, -0.05) is 18.2 Å². The van der Waals surface area contributed by atoms with Crippen LogP contribution < -0.4 is 5.32 Å². The average molecular weight is 244 g/mol. The minimum atomic E-state index is -0.429. The fourth-order valence-electron chi connectivity index (χ4n) is 1.61. The van der Waals surface area contributed by atoms with Crippen LogP contribution in [0.3, 0.4) is 0 Å². The molecule has 17 heavy (non-hydrogen) atoms. The van der Waals surface area contributed by atoms with Crippen LogP contribution in [0.25, 0.3) is 0 Å². The van der Waals surface area contributed by atoms with Crippen molar-refractivity contribution in [1.82, 2.24) is 0 Å². The zero-order chi connectivity index (χ0) is 12.3. The number of nitrogens with one attached hydrogen (secondary N) is 1. The normalized spacial score (nSPS) is 11.8. The van der Waals surface area contributed by atoms with Crippen molar-refractivity contribution in [1.29, 1.82) is 5.26 Å². The molecule has 0 saturated heterocycles. The van der Waals surface area contributed by atoms with Crippen molar-refractivity contribution in [3.05, 3.63) is 46.2 Å². The summed E-state index contributed by atoms with van der Waals surface area (Å²) < 4.78 is 0. The summed E-state index contributed by atoms with van der Waals surface area (Å²) >= 11 is 1.52. The van der Waals surface area contributed by atoms with E-state index >= 15 is 0 Å². The summed E-state index contributed by atoms with van der Waals surface area (Å²) in [5, 5.41) is 23.9. The van der Waals surface area contributed by atoms with Gasteiger partial charge >= 0.3 is 0 Å². The topological polar surface area (TPSA) is 56.0 Å². The summed E-state index contributed by atoms with van der Waals surface area (Å²) in [5.74, 6) is 0.168. The van der Waals surface area contributed by atoms with Crippen molar-refractivity contribution in [2.75, 3.05) is 5.32 Å². The molecule has 1 aromatic heterocycles. The Morgan fingerprint density at radius 1 is 1.35 bits per heavy atom. The van der Waals surface area contributed by atoms with Crippen molar-refractivity contribution < 1.29 is 5.11 Å². The first-order valence-corrected chi connectivity index (χ1v) is 6.08. The van der Waals surface area contributed by atoms with Crippen LogP contribution in [0, 0.1) is 18.3 Å². The van der Waals surface area contributed by atoms with Crippen molar-refractivity contribution in [2.24, 2.45) is 0 Å². The monoisotopic (exact) mass is 244 g/mol. The van der Waals surface area contributed by atoms with Gasteiger partial charge in [-0.25, -0.2) is 0 Å². The van der Waals surface area contributed by atoms with Crippen LogP contribution in [0.2, 0.25) is 0 Å². The van der Waals surface area contributed by atoms with Crippen LogP contribution in [0.4, 0.5) is 5.69 Å². The molecule has 3 nitrogen and oxygen atoms in total. The summed E-state index contributed by atoms with van der Waals surface area (Å²) in [5.41, 5.74) is 1.54. The molecule has 0 fully saturated rings. The van der Waals surface area contributed by atoms with Gasteiger partial charge in [-0.15, -0.1) is 11.3 Å². The number of hydrogen-bond donors (Lipinski definition) is 2. The highest BCUT2D eigenvalue weighted by molar-refractivity contribution is 7.10. The highest BCUT2D eigenvalue weighted by Crippen LogP contribution is 2.31. The number of thiophene rings is 1. The molecule has 2 aromatic rings. The van der Waals surface area contributed by atoms with Crippen LogP contribution in [-0.2, 0) is 0 Å². The highest BCUT2D eigenvalue weighted by Gasteiger charge is 2.14. The van der Waals surface area contributed by atoms with Crippen LogP contribution in [0.15, 0.2) is 35.7 Å². The lowest BCUT2D eigenvalue weighted by atomic mass is 10.1. The Morgan fingerprint density at radius 3 is 2.76 bits per heavy atom. The zero-order valence-corrected chi connectivity index (χ0v) is 10.2. The number of nitrogens with zero attached hydrogens (tertiary/aromatic N) is 1. The Balaban J connectivity index is 2.29. The summed E-state index contributed by atoms with van der Waals surface area (Å²) in [4.78, 5) is 0.940. The number of anilines is 1. The predicted octanol–water partition coefficient (Wildman–Crippen LogP) is 3.44. The summed E-state index contributed by atoms with van der Waals surface area (Å²) in [7, 11) is 0. The van der Waals surface area contributed by atoms with E-state index in [2.05, 4.69) is 11.4 Å². The second-order valence-corrected chi connectivity index (χ2v) is 4.67. The molecule has 0 saturated carbocycles. The van der Waals surface area contributed by atoms with Crippen LogP contribution in [0.1, 0.15) is 16.5 Å². The van der Waals surface area contributed by atoms with Crippen LogP contribution in [-0.4, -0.2) is 5.11 Å². The number of phenolic OH excluding ortho intramolecular Hbond substituents is 1. The SMILES string of the molecule is Cc1cccc(O)c1N[C@@H](C#N)c1cccs1. The third-order valence-electron chi connectivity index (χ3n) is 2.50. The van der Waals surface area contributed by atoms with Gasteiger partial charge in [-0.3, -0.25) is 0 Å². The molecule has 2 rings (SSSR count). The molecule has 0 unspecified atom stereocenters. The van der Waals surface area contributed by atoms with Crippen molar-refractivity contribution in [3.63, 3.8) is 0 Å². The van der Waals surface area contributed by atoms with Crippen LogP contribution >= 0.6 is 11.3 Å². The smallest absolute Gasteiger partial charge is 0.149 e. The number of rotatable bonds is 3. The van der Waals surface area contributed by atoms with Gasteiger partial charge in [0.15, 0.2) is 0 Å². The first-order chi connectivity index (χ1) is 8.22. The van der Waals surface area contributed by atoms with E-state index in [-0.39, 0.29) is 5.75 Å². The fourth-order valence-corrected chi connectivity index (χ4v) is 2.33. The lowest BCUT2D eigenvalue weighted by molar-refractivity contribution is 0.476. The van der Waals surface area contributed by atoms with Crippen LogP contribution in [0.5, 0.6) is 5.75 Å². The number of phenols is 1. The molecule has 1 atom stereocenters. The molecule has 0 aliphatic carbocycles. The summed E-state index contributed by atoms with van der Waals surface area (Å²) in [6.45, 7) is 1.89. The Bertz CT molecular complexity index is 523. The lowest BCUT2D eigenvalue weighted by Crippen LogP contribution is -2.08. The Morgan fingerprint density at radius 2 is 2.18 bits per heavy atom. The van der Waals surface area contributed by atoms with E-state index in [1.165, 1.54) is 11.3 Å². The van der Waals surface area contributed by atoms with Gasteiger partial charge in [-0.2, -0.15) is 5.26 Å². The molecule has 0 aliphatic heterocycles. The predicted molar refractivity (Wildman–Crippen MR) is 69.1 cm³/mol. The number of aromatic hydroxyl groups is 1. The second-order valence-electron chi connectivity index (χ2n) is 3.69. The number of benzene rings is 1. The fraction of sp³-hybridized carbons (Fsp3) is 0.154. The molecular formula is C13H12N2OS. The molecule has 0 bridgehead atoms. The molecule has 1 aromatic carbocycles. The van der Waals surface area contributed by atoms with E-state index in [9.17, 15) is 5.11 Å². The average Bonchev–Trinajstić information content (AvgIpc) is 2.82. The van der Waals surface area contributed by atoms with Crippen molar-refractivity contribution >= 4 is 17.0 Å². The van der Waals surface area contributed by atoms with Crippen molar-refractivity contribution in [2.45, 2.75) is 13.0 Å². The molecule has 0 spiro atoms. The molecule has 0 radical (unpaired) electrons. The standard InChI is InChI=1S/C13H12N2OS/c1-9-4-2-5-11(16)13(9)15-10(8-14)12-6-3-7-17-12/h2-7,10,15-16H,1H3/t10-/m0/s1. The number of aryl methyl sites for hydroxylation is 1. The molecule has 0 aliphatic rings. The minimum absolute atomic E-state index is 0.168. The van der Waals surface area contributed by atoms with E-state index in [4.69, 9.17) is 5.26 Å². The Kier molecular flexibility index (Phi) is 3.31. The molecular weight excluding hydrogens is 232 g/mol. The van der Waals surface area contributed by atoms with E-state index in [0.29, 0.717) is 5.69 Å². The van der Waals surface area contributed by atoms with Gasteiger partial charge < -0.3 is 10.4 Å². The Hall–Kier alpha value is -1.99. The molecule has 0 amide bonds. The zero-order valence-electron chi connectivity index (χ0n) is 9.34. The molecule has 86 valence electrons. The first-order valence-electron chi connectivity index (χ1n) is 5.20. The third kappa shape index (κ3) is 2.40. The maximum atomic E-state index is 9.76. The number of hydrogen-bond acceptors (Lipinski definition) is 4. The molecule has 2 N–H and O–H groups in total. The van der Waals surface area contributed by atoms with Crippen molar-refractivity contribution in [3.8, 4) is 11.8 Å². The van der Waals surface area contributed by atoms with Gasteiger partial charge in [0, 0.05) is 4.88 Å². The maximum absolute atomic E-state index is 9.76. The van der Waals surface area contributed by atoms with E-state index < -0.39 is 6.04 Å². The highest BCUT2D eigenvalue weighted by atomic mass is 32.1. The maximum Gasteiger partial charge on any atom is 0.149 e.